The molecule has 0 bridgehead atoms. The molecule has 1 saturated heterocycles. The summed E-state index contributed by atoms with van der Waals surface area (Å²) in [5.74, 6) is 0.257. The highest BCUT2D eigenvalue weighted by Gasteiger charge is 2.33. The van der Waals surface area contributed by atoms with E-state index in [-0.39, 0.29) is 17.6 Å². The van der Waals surface area contributed by atoms with Crippen molar-refractivity contribution in [3.63, 3.8) is 0 Å². The quantitative estimate of drug-likeness (QED) is 0.766. The summed E-state index contributed by atoms with van der Waals surface area (Å²) in [5, 5.41) is 14.8. The first-order valence-corrected chi connectivity index (χ1v) is 6.84. The number of hydrogen-bond acceptors (Lipinski definition) is 3. The molecular weight excluding hydrogens is 256 g/mol. The van der Waals surface area contributed by atoms with Gasteiger partial charge in [-0.25, -0.2) is 0 Å². The predicted octanol–water partition coefficient (Wildman–Crippen LogP) is 0.964. The van der Waals surface area contributed by atoms with Crippen LogP contribution in [-0.4, -0.2) is 29.0 Å². The number of rotatable bonds is 4. The fraction of sp³-hybridized carbons (Fsp3) is 0.467. The Morgan fingerprint density at radius 2 is 1.60 bits per heavy atom. The van der Waals surface area contributed by atoms with Crippen LogP contribution in [-0.2, 0) is 16.0 Å². The van der Waals surface area contributed by atoms with Gasteiger partial charge in [0, 0.05) is 6.42 Å². The van der Waals surface area contributed by atoms with Crippen LogP contribution in [0.2, 0.25) is 0 Å². The first-order valence-electron chi connectivity index (χ1n) is 6.84. The Kier molecular flexibility index (Phi) is 4.27. The molecule has 2 atom stereocenters. The summed E-state index contributed by atoms with van der Waals surface area (Å²) < 4.78 is 0. The predicted molar refractivity (Wildman–Crippen MR) is 75.1 cm³/mol. The molecule has 0 radical (unpaired) electrons. The van der Waals surface area contributed by atoms with E-state index in [1.165, 1.54) is 0 Å². The second kappa shape index (κ2) is 5.94. The van der Waals surface area contributed by atoms with Crippen LogP contribution < -0.4 is 10.6 Å². The average molecular weight is 276 g/mol. The largest absolute Gasteiger partial charge is 0.508 e. The summed E-state index contributed by atoms with van der Waals surface area (Å²) in [6, 6.07) is 5.65. The van der Waals surface area contributed by atoms with Gasteiger partial charge < -0.3 is 15.7 Å². The van der Waals surface area contributed by atoms with Gasteiger partial charge in [0.05, 0.1) is 0 Å². The molecule has 20 heavy (non-hydrogen) atoms. The summed E-state index contributed by atoms with van der Waals surface area (Å²) in [4.78, 5) is 24.0. The van der Waals surface area contributed by atoms with E-state index >= 15 is 0 Å². The van der Waals surface area contributed by atoms with Gasteiger partial charge in [-0.3, -0.25) is 9.59 Å². The minimum Gasteiger partial charge on any atom is -0.508 e. The molecule has 5 nitrogen and oxygen atoms in total. The topological polar surface area (TPSA) is 78.4 Å². The highest BCUT2D eigenvalue weighted by atomic mass is 16.3. The lowest BCUT2D eigenvalue weighted by Crippen LogP contribution is -2.62. The highest BCUT2D eigenvalue weighted by Crippen LogP contribution is 2.14. The number of amides is 2. The van der Waals surface area contributed by atoms with E-state index in [2.05, 4.69) is 10.6 Å². The second-order valence-electron chi connectivity index (χ2n) is 5.62. The second-order valence-corrected chi connectivity index (χ2v) is 5.62. The number of nitrogens with one attached hydrogen (secondary N) is 2. The zero-order valence-electron chi connectivity index (χ0n) is 11.7. The molecule has 1 aromatic rings. The number of aromatic hydroxyl groups is 1. The summed E-state index contributed by atoms with van der Waals surface area (Å²) in [7, 11) is 0. The molecule has 0 unspecified atom stereocenters. The molecule has 0 aliphatic carbocycles. The molecule has 2 rings (SSSR count). The Labute approximate surface area is 118 Å². The van der Waals surface area contributed by atoms with E-state index in [1.807, 2.05) is 13.8 Å². The molecule has 0 aromatic heterocycles. The first-order chi connectivity index (χ1) is 9.45. The van der Waals surface area contributed by atoms with Crippen molar-refractivity contribution in [3.8, 4) is 5.75 Å². The minimum absolute atomic E-state index is 0.123. The molecule has 1 fully saturated rings. The highest BCUT2D eigenvalue weighted by molar-refractivity contribution is 5.97. The van der Waals surface area contributed by atoms with Crippen LogP contribution in [0.25, 0.3) is 0 Å². The average Bonchev–Trinajstić information content (AvgIpc) is 2.37. The van der Waals surface area contributed by atoms with Crippen LogP contribution in [0.1, 0.15) is 25.8 Å². The van der Waals surface area contributed by atoms with Gasteiger partial charge in [0.25, 0.3) is 0 Å². The van der Waals surface area contributed by atoms with Crippen molar-refractivity contribution in [2.24, 2.45) is 5.92 Å². The number of phenolic OH excluding ortho intramolecular Hbond substituents is 1. The molecule has 108 valence electrons. The molecule has 1 aromatic carbocycles. The first kappa shape index (κ1) is 14.4. The van der Waals surface area contributed by atoms with E-state index in [0.29, 0.717) is 18.8 Å². The van der Waals surface area contributed by atoms with Crippen LogP contribution in [0.15, 0.2) is 24.3 Å². The third kappa shape index (κ3) is 3.50. The number of carbonyl (C=O) groups is 2. The van der Waals surface area contributed by atoms with Gasteiger partial charge in [-0.2, -0.15) is 0 Å². The van der Waals surface area contributed by atoms with E-state index in [9.17, 15) is 14.7 Å². The zero-order chi connectivity index (χ0) is 14.7. The number of benzene rings is 1. The fourth-order valence-electron chi connectivity index (χ4n) is 2.32. The Hall–Kier alpha value is -2.04. The van der Waals surface area contributed by atoms with Crippen LogP contribution >= 0.6 is 0 Å². The van der Waals surface area contributed by atoms with Crippen molar-refractivity contribution in [1.29, 1.82) is 0 Å². The van der Waals surface area contributed by atoms with Crippen molar-refractivity contribution < 1.29 is 14.7 Å². The van der Waals surface area contributed by atoms with Crippen molar-refractivity contribution in [1.82, 2.24) is 10.6 Å². The third-order valence-corrected chi connectivity index (χ3v) is 3.35. The van der Waals surface area contributed by atoms with Gasteiger partial charge in [0.2, 0.25) is 11.8 Å². The molecule has 5 heteroatoms. The number of carbonyl (C=O) groups excluding carboxylic acids is 2. The van der Waals surface area contributed by atoms with Gasteiger partial charge in [-0.15, -0.1) is 0 Å². The molecule has 1 aliphatic heterocycles. The maximum Gasteiger partial charge on any atom is 0.243 e. The molecule has 3 N–H and O–H groups in total. The smallest absolute Gasteiger partial charge is 0.243 e. The SMILES string of the molecule is CC(C)C[C@@H]1NC(=O)[C@@H](Cc2ccc(O)cc2)NC1=O. The number of piperazine rings is 1. The van der Waals surface area contributed by atoms with Crippen LogP contribution in [0.5, 0.6) is 5.75 Å². The van der Waals surface area contributed by atoms with Crippen LogP contribution in [0.3, 0.4) is 0 Å². The van der Waals surface area contributed by atoms with Crippen LogP contribution in [0.4, 0.5) is 0 Å². The third-order valence-electron chi connectivity index (χ3n) is 3.35. The Morgan fingerprint density at radius 1 is 1.05 bits per heavy atom. The number of hydrogen-bond donors (Lipinski definition) is 3. The Morgan fingerprint density at radius 3 is 2.20 bits per heavy atom. The maximum atomic E-state index is 12.0. The lowest BCUT2D eigenvalue weighted by atomic mass is 9.97. The standard InChI is InChI=1S/C15H20N2O3/c1-9(2)7-12-14(19)17-13(15(20)16-12)8-10-3-5-11(18)6-4-10/h3-6,9,12-13,18H,7-8H2,1-2H3,(H,16,20)(H,17,19)/t12-,13+/m0/s1. The zero-order valence-corrected chi connectivity index (χ0v) is 11.7. The Balaban J connectivity index is 1.99. The summed E-state index contributed by atoms with van der Waals surface area (Å²) >= 11 is 0. The van der Waals surface area contributed by atoms with Gasteiger partial charge >= 0.3 is 0 Å². The molecule has 1 aliphatic rings. The van der Waals surface area contributed by atoms with Crippen molar-refractivity contribution in [2.75, 3.05) is 0 Å². The monoisotopic (exact) mass is 276 g/mol. The van der Waals surface area contributed by atoms with E-state index < -0.39 is 12.1 Å². The summed E-state index contributed by atoms with van der Waals surface area (Å²) in [6.45, 7) is 4.03. The molecule has 0 spiro atoms. The van der Waals surface area contributed by atoms with E-state index in [0.717, 1.165) is 5.56 Å². The van der Waals surface area contributed by atoms with Gasteiger partial charge in [0.1, 0.15) is 17.8 Å². The van der Waals surface area contributed by atoms with Crippen molar-refractivity contribution in [3.05, 3.63) is 29.8 Å². The summed E-state index contributed by atoms with van der Waals surface area (Å²) in [6.07, 6.45) is 1.07. The molecule has 0 saturated carbocycles. The Bertz CT molecular complexity index is 496. The van der Waals surface area contributed by atoms with Crippen LogP contribution in [0, 0.1) is 5.92 Å². The molecule has 1 heterocycles. The normalized spacial score (nSPS) is 22.6. The minimum atomic E-state index is -0.546. The maximum absolute atomic E-state index is 12.0. The number of phenols is 1. The molecule has 2 amide bonds. The van der Waals surface area contributed by atoms with Gasteiger partial charge in [-0.05, 0) is 30.0 Å². The van der Waals surface area contributed by atoms with Crippen molar-refractivity contribution in [2.45, 2.75) is 38.8 Å². The lowest BCUT2D eigenvalue weighted by Gasteiger charge is -2.30. The van der Waals surface area contributed by atoms with Gasteiger partial charge in [0.15, 0.2) is 0 Å². The lowest BCUT2D eigenvalue weighted by molar-refractivity contribution is -0.137. The van der Waals surface area contributed by atoms with Crippen molar-refractivity contribution >= 4 is 11.8 Å². The van der Waals surface area contributed by atoms with E-state index in [4.69, 9.17) is 0 Å². The fourth-order valence-corrected chi connectivity index (χ4v) is 2.32. The van der Waals surface area contributed by atoms with Gasteiger partial charge in [-0.1, -0.05) is 26.0 Å². The molecular formula is C15H20N2O3. The summed E-state index contributed by atoms with van der Waals surface area (Å²) in [5.41, 5.74) is 0.894. The van der Waals surface area contributed by atoms with E-state index in [1.54, 1.807) is 24.3 Å².